The highest BCUT2D eigenvalue weighted by atomic mass is 32.2. The molecule has 0 aliphatic heterocycles. The lowest BCUT2D eigenvalue weighted by molar-refractivity contribution is 0.102. The van der Waals surface area contributed by atoms with Crippen LogP contribution in [0.2, 0.25) is 0 Å². The number of rotatable bonds is 3. The number of nitrogens with one attached hydrogen (secondary N) is 1. The molecule has 0 bridgehead atoms. The van der Waals surface area contributed by atoms with Crippen molar-refractivity contribution in [2.75, 3.05) is 11.6 Å². The van der Waals surface area contributed by atoms with E-state index in [0.29, 0.717) is 11.3 Å². The molecule has 98 valence electrons. The van der Waals surface area contributed by atoms with Gasteiger partial charge >= 0.3 is 0 Å². The second-order valence-electron chi connectivity index (χ2n) is 4.15. The lowest BCUT2D eigenvalue weighted by atomic mass is 10.1. The summed E-state index contributed by atoms with van der Waals surface area (Å²) in [5.74, 6) is -0.591. The van der Waals surface area contributed by atoms with E-state index in [1.165, 1.54) is 12.1 Å². The minimum absolute atomic E-state index is 0.223. The third-order valence-electron chi connectivity index (χ3n) is 2.77. The molecule has 19 heavy (non-hydrogen) atoms. The monoisotopic (exact) mass is 275 g/mol. The van der Waals surface area contributed by atoms with E-state index in [1.807, 2.05) is 31.4 Å². The summed E-state index contributed by atoms with van der Waals surface area (Å²) >= 11 is 1.58. The van der Waals surface area contributed by atoms with Crippen LogP contribution < -0.4 is 5.32 Å². The van der Waals surface area contributed by atoms with Crippen LogP contribution in [0.1, 0.15) is 15.9 Å². The smallest absolute Gasteiger partial charge is 0.255 e. The molecule has 0 fully saturated rings. The highest BCUT2D eigenvalue weighted by molar-refractivity contribution is 7.98. The van der Waals surface area contributed by atoms with E-state index in [0.717, 1.165) is 10.5 Å². The van der Waals surface area contributed by atoms with Crippen molar-refractivity contribution in [2.45, 2.75) is 11.8 Å². The number of thioether (sulfide) groups is 1. The molecular formula is C15H14FNOS. The van der Waals surface area contributed by atoms with Gasteiger partial charge in [-0.25, -0.2) is 4.39 Å². The van der Waals surface area contributed by atoms with E-state index in [-0.39, 0.29) is 11.7 Å². The second kappa shape index (κ2) is 5.89. The first-order valence-electron chi connectivity index (χ1n) is 5.81. The first kappa shape index (κ1) is 13.6. The van der Waals surface area contributed by atoms with E-state index in [1.54, 1.807) is 23.9 Å². The van der Waals surface area contributed by atoms with Crippen LogP contribution in [0.5, 0.6) is 0 Å². The highest BCUT2D eigenvalue weighted by Gasteiger charge is 2.10. The van der Waals surface area contributed by atoms with Crippen molar-refractivity contribution in [1.29, 1.82) is 0 Å². The Morgan fingerprint density at radius 1 is 1.21 bits per heavy atom. The fourth-order valence-corrected chi connectivity index (χ4v) is 2.18. The number of carbonyl (C=O) groups is 1. The maximum absolute atomic E-state index is 13.1. The first-order valence-corrected chi connectivity index (χ1v) is 7.04. The maximum Gasteiger partial charge on any atom is 0.255 e. The van der Waals surface area contributed by atoms with Gasteiger partial charge in [-0.05, 0) is 49.1 Å². The lowest BCUT2D eigenvalue weighted by Crippen LogP contribution is -2.13. The summed E-state index contributed by atoms with van der Waals surface area (Å²) in [6.07, 6.45) is 1.96. The van der Waals surface area contributed by atoms with Crippen molar-refractivity contribution in [3.05, 3.63) is 59.4 Å². The van der Waals surface area contributed by atoms with E-state index < -0.39 is 0 Å². The van der Waals surface area contributed by atoms with E-state index >= 15 is 0 Å². The number of aryl methyl sites for hydroxylation is 1. The number of halogens is 1. The van der Waals surface area contributed by atoms with Crippen molar-refractivity contribution in [2.24, 2.45) is 0 Å². The van der Waals surface area contributed by atoms with Crippen molar-refractivity contribution in [1.82, 2.24) is 0 Å². The molecule has 0 radical (unpaired) electrons. The topological polar surface area (TPSA) is 29.1 Å². The molecule has 0 aliphatic carbocycles. The van der Waals surface area contributed by atoms with Gasteiger partial charge in [-0.2, -0.15) is 0 Å². The zero-order chi connectivity index (χ0) is 13.8. The van der Waals surface area contributed by atoms with Crippen LogP contribution >= 0.6 is 11.8 Å². The Labute approximate surface area is 116 Å². The Morgan fingerprint density at radius 3 is 2.68 bits per heavy atom. The molecule has 2 nitrogen and oxygen atoms in total. The van der Waals surface area contributed by atoms with Crippen molar-refractivity contribution in [3.63, 3.8) is 0 Å². The van der Waals surface area contributed by atoms with Crippen LogP contribution in [-0.4, -0.2) is 12.2 Å². The molecule has 4 heteroatoms. The molecule has 1 amide bonds. The summed E-state index contributed by atoms with van der Waals surface area (Å²) in [5, 5.41) is 2.70. The molecule has 2 rings (SSSR count). The number of anilines is 1. The summed E-state index contributed by atoms with van der Waals surface area (Å²) in [7, 11) is 0. The van der Waals surface area contributed by atoms with E-state index in [9.17, 15) is 9.18 Å². The zero-order valence-electron chi connectivity index (χ0n) is 10.7. The number of hydrogen-bond donors (Lipinski definition) is 1. The Balaban J connectivity index is 2.25. The van der Waals surface area contributed by atoms with Crippen LogP contribution in [0.25, 0.3) is 0 Å². The van der Waals surface area contributed by atoms with Crippen molar-refractivity contribution < 1.29 is 9.18 Å². The number of carbonyl (C=O) groups excluding carboxylic acids is 1. The average molecular weight is 275 g/mol. The van der Waals surface area contributed by atoms with Gasteiger partial charge in [0.2, 0.25) is 0 Å². The summed E-state index contributed by atoms with van der Waals surface area (Å²) in [6, 6.07) is 11.6. The lowest BCUT2D eigenvalue weighted by Gasteiger charge is -2.09. The Hall–Kier alpha value is -1.81. The average Bonchev–Trinajstić information content (AvgIpc) is 2.39. The van der Waals surface area contributed by atoms with Gasteiger partial charge in [0.15, 0.2) is 0 Å². The van der Waals surface area contributed by atoms with Gasteiger partial charge in [0.05, 0.1) is 0 Å². The highest BCUT2D eigenvalue weighted by Crippen LogP contribution is 2.20. The minimum Gasteiger partial charge on any atom is -0.322 e. The van der Waals surface area contributed by atoms with Gasteiger partial charge < -0.3 is 5.32 Å². The van der Waals surface area contributed by atoms with Gasteiger partial charge in [0, 0.05) is 16.1 Å². The molecule has 2 aromatic carbocycles. The fraction of sp³-hybridized carbons (Fsp3) is 0.133. The Morgan fingerprint density at radius 2 is 2.00 bits per heavy atom. The number of amides is 1. The SMILES string of the molecule is CSc1ccc(C)c(C(=O)Nc2cccc(F)c2)c1. The largest absolute Gasteiger partial charge is 0.322 e. The molecule has 0 aromatic heterocycles. The summed E-state index contributed by atoms with van der Waals surface area (Å²) in [5.41, 5.74) is 1.96. The third-order valence-corrected chi connectivity index (χ3v) is 3.50. The van der Waals surface area contributed by atoms with Crippen LogP contribution in [0.4, 0.5) is 10.1 Å². The number of hydrogen-bond acceptors (Lipinski definition) is 2. The van der Waals surface area contributed by atoms with Crippen molar-refractivity contribution in [3.8, 4) is 0 Å². The quantitative estimate of drug-likeness (QED) is 0.854. The molecule has 0 unspecified atom stereocenters. The van der Waals surface area contributed by atoms with Gasteiger partial charge in [0.1, 0.15) is 5.82 Å². The third kappa shape index (κ3) is 3.35. The summed E-state index contributed by atoms with van der Waals surface area (Å²) in [6.45, 7) is 1.88. The maximum atomic E-state index is 13.1. The van der Waals surface area contributed by atoms with Crippen LogP contribution in [0.3, 0.4) is 0 Å². The van der Waals surface area contributed by atoms with E-state index in [2.05, 4.69) is 5.32 Å². The normalized spacial score (nSPS) is 10.3. The van der Waals surface area contributed by atoms with Crippen LogP contribution in [-0.2, 0) is 0 Å². The number of benzene rings is 2. The van der Waals surface area contributed by atoms with Crippen LogP contribution in [0.15, 0.2) is 47.4 Å². The minimum atomic E-state index is -0.368. The van der Waals surface area contributed by atoms with Gasteiger partial charge in [-0.3, -0.25) is 4.79 Å². The van der Waals surface area contributed by atoms with Gasteiger partial charge in [-0.15, -0.1) is 11.8 Å². The van der Waals surface area contributed by atoms with Crippen molar-refractivity contribution >= 4 is 23.4 Å². The Bertz CT molecular complexity index is 613. The molecule has 0 aliphatic rings. The molecule has 0 spiro atoms. The van der Waals surface area contributed by atoms with Gasteiger partial charge in [-0.1, -0.05) is 12.1 Å². The molecule has 0 heterocycles. The van der Waals surface area contributed by atoms with Crippen LogP contribution in [0, 0.1) is 12.7 Å². The summed E-state index contributed by atoms with van der Waals surface area (Å²) < 4.78 is 13.1. The van der Waals surface area contributed by atoms with Gasteiger partial charge in [0.25, 0.3) is 5.91 Å². The molecule has 0 atom stereocenters. The molecule has 0 saturated carbocycles. The standard InChI is InChI=1S/C15H14FNOS/c1-10-6-7-13(19-2)9-14(10)15(18)17-12-5-3-4-11(16)8-12/h3-9H,1-2H3,(H,17,18). The summed E-state index contributed by atoms with van der Waals surface area (Å²) in [4.78, 5) is 13.2. The Kier molecular flexibility index (Phi) is 4.22. The molecule has 0 saturated heterocycles. The zero-order valence-corrected chi connectivity index (χ0v) is 11.6. The van der Waals surface area contributed by atoms with E-state index in [4.69, 9.17) is 0 Å². The second-order valence-corrected chi connectivity index (χ2v) is 5.02. The predicted octanol–water partition coefficient (Wildman–Crippen LogP) is 4.11. The fourth-order valence-electron chi connectivity index (χ4n) is 1.74. The molecule has 2 aromatic rings. The molecular weight excluding hydrogens is 261 g/mol. The first-order chi connectivity index (χ1) is 9.10. The predicted molar refractivity (Wildman–Crippen MR) is 77.3 cm³/mol. The molecule has 1 N–H and O–H groups in total.